The van der Waals surface area contributed by atoms with Gasteiger partial charge in [-0.2, -0.15) is 0 Å². The first-order valence-electron chi connectivity index (χ1n) is 8.89. The molecule has 4 rings (SSSR count). The van der Waals surface area contributed by atoms with Crippen molar-refractivity contribution in [1.82, 2.24) is 9.88 Å². The highest BCUT2D eigenvalue weighted by atomic mass is 35.5. The van der Waals surface area contributed by atoms with E-state index in [0.717, 1.165) is 49.9 Å². The highest BCUT2D eigenvalue weighted by Gasteiger charge is 2.23. The number of benzene rings is 1. The molecular formula is C19H22ClN3O3. The van der Waals surface area contributed by atoms with Crippen molar-refractivity contribution in [2.24, 2.45) is 0 Å². The minimum atomic E-state index is 0.591. The van der Waals surface area contributed by atoms with Crippen LogP contribution in [-0.4, -0.2) is 62.4 Å². The highest BCUT2D eigenvalue weighted by molar-refractivity contribution is 6.30. The van der Waals surface area contributed by atoms with Gasteiger partial charge < -0.3 is 19.1 Å². The molecule has 3 heterocycles. The van der Waals surface area contributed by atoms with Crippen molar-refractivity contribution in [3.8, 4) is 17.2 Å². The molecule has 6 nitrogen and oxygen atoms in total. The van der Waals surface area contributed by atoms with Gasteiger partial charge in [0.05, 0.1) is 16.9 Å². The Kier molecular flexibility index (Phi) is 5.32. The third-order valence-corrected chi connectivity index (χ3v) is 4.82. The van der Waals surface area contributed by atoms with Gasteiger partial charge in [-0.05, 0) is 12.1 Å². The Hall–Kier alpha value is -2.18. The maximum atomic E-state index is 5.92. The smallest absolute Gasteiger partial charge is 0.184 e. The van der Waals surface area contributed by atoms with Crippen LogP contribution in [0.25, 0.3) is 0 Å². The summed E-state index contributed by atoms with van der Waals surface area (Å²) in [6.07, 6.45) is 3.29. The van der Waals surface area contributed by atoms with E-state index >= 15 is 0 Å². The molecule has 1 aromatic carbocycles. The first kappa shape index (κ1) is 17.2. The molecule has 138 valence electrons. The molecule has 26 heavy (non-hydrogen) atoms. The fourth-order valence-corrected chi connectivity index (χ4v) is 3.45. The molecule has 0 amide bonds. The van der Waals surface area contributed by atoms with Gasteiger partial charge in [0, 0.05) is 45.0 Å². The van der Waals surface area contributed by atoms with E-state index in [0.29, 0.717) is 30.6 Å². The van der Waals surface area contributed by atoms with Crippen LogP contribution in [0.1, 0.15) is 0 Å². The van der Waals surface area contributed by atoms with Gasteiger partial charge in [0.1, 0.15) is 25.6 Å². The Morgan fingerprint density at radius 2 is 1.92 bits per heavy atom. The van der Waals surface area contributed by atoms with E-state index in [1.807, 2.05) is 12.1 Å². The van der Waals surface area contributed by atoms with Crippen LogP contribution >= 0.6 is 11.6 Å². The third kappa shape index (κ3) is 3.97. The summed E-state index contributed by atoms with van der Waals surface area (Å²) in [6, 6.07) is 7.89. The molecule has 1 fully saturated rings. The Morgan fingerprint density at radius 3 is 2.77 bits per heavy atom. The largest absolute Gasteiger partial charge is 0.491 e. The average molecular weight is 376 g/mol. The van der Waals surface area contributed by atoms with Crippen LogP contribution in [0.4, 0.5) is 5.69 Å². The highest BCUT2D eigenvalue weighted by Crippen LogP contribution is 2.39. The van der Waals surface area contributed by atoms with Gasteiger partial charge in [0.15, 0.2) is 11.5 Å². The molecule has 0 radical (unpaired) electrons. The number of hydrogen-bond donors (Lipinski definition) is 0. The van der Waals surface area contributed by atoms with Gasteiger partial charge in [0.2, 0.25) is 0 Å². The number of para-hydroxylation sites is 1. The number of nitrogens with zero attached hydrogens (tertiary/aromatic N) is 3. The summed E-state index contributed by atoms with van der Waals surface area (Å²) in [7, 11) is 0. The summed E-state index contributed by atoms with van der Waals surface area (Å²) in [6.45, 7) is 6.62. The summed E-state index contributed by atoms with van der Waals surface area (Å²) in [4.78, 5) is 8.80. The minimum absolute atomic E-state index is 0.591. The predicted molar refractivity (Wildman–Crippen MR) is 101 cm³/mol. The summed E-state index contributed by atoms with van der Waals surface area (Å²) in [5.41, 5.74) is 1.13. The SMILES string of the molecule is Clc1cncc(OCCN2CCN(c3cccc4c3OCCO4)CC2)c1. The summed E-state index contributed by atoms with van der Waals surface area (Å²) < 4.78 is 17.3. The van der Waals surface area contributed by atoms with E-state index < -0.39 is 0 Å². The second-order valence-electron chi connectivity index (χ2n) is 6.32. The van der Waals surface area contributed by atoms with Gasteiger partial charge in [-0.25, -0.2) is 0 Å². The normalized spacial score (nSPS) is 17.2. The van der Waals surface area contributed by atoms with E-state index in [4.69, 9.17) is 25.8 Å². The van der Waals surface area contributed by atoms with Gasteiger partial charge in [-0.3, -0.25) is 9.88 Å². The van der Waals surface area contributed by atoms with Gasteiger partial charge in [-0.1, -0.05) is 17.7 Å². The van der Waals surface area contributed by atoms with Crippen molar-refractivity contribution >= 4 is 17.3 Å². The van der Waals surface area contributed by atoms with Crippen molar-refractivity contribution in [2.45, 2.75) is 0 Å². The molecule has 0 atom stereocenters. The van der Waals surface area contributed by atoms with Gasteiger partial charge >= 0.3 is 0 Å². The number of hydrogen-bond acceptors (Lipinski definition) is 6. The Morgan fingerprint density at radius 1 is 1.08 bits per heavy atom. The molecule has 2 aliphatic rings. The second-order valence-corrected chi connectivity index (χ2v) is 6.75. The molecule has 0 bridgehead atoms. The zero-order valence-corrected chi connectivity index (χ0v) is 15.3. The molecule has 7 heteroatoms. The summed E-state index contributed by atoms with van der Waals surface area (Å²) >= 11 is 5.92. The van der Waals surface area contributed by atoms with Crippen molar-refractivity contribution in [2.75, 3.05) is 57.4 Å². The molecule has 0 saturated carbocycles. The Balaban J connectivity index is 1.28. The quantitative estimate of drug-likeness (QED) is 0.800. The lowest BCUT2D eigenvalue weighted by Crippen LogP contribution is -2.47. The van der Waals surface area contributed by atoms with Crippen LogP contribution in [0.5, 0.6) is 17.2 Å². The molecule has 1 aromatic heterocycles. The lowest BCUT2D eigenvalue weighted by atomic mass is 10.2. The standard InChI is InChI=1S/C19H22ClN3O3/c20-15-12-16(14-21-13-15)24-9-8-22-4-6-23(7-5-22)17-2-1-3-18-19(17)26-11-10-25-18/h1-3,12-14H,4-11H2. The van der Waals surface area contributed by atoms with E-state index in [-0.39, 0.29) is 0 Å². The molecule has 2 aliphatic heterocycles. The van der Waals surface area contributed by atoms with E-state index in [9.17, 15) is 0 Å². The molecule has 1 saturated heterocycles. The second kappa shape index (κ2) is 8.01. The fraction of sp³-hybridized carbons (Fsp3) is 0.421. The van der Waals surface area contributed by atoms with Crippen molar-refractivity contribution in [3.05, 3.63) is 41.7 Å². The van der Waals surface area contributed by atoms with Crippen LogP contribution in [0.3, 0.4) is 0 Å². The molecular weight excluding hydrogens is 354 g/mol. The van der Waals surface area contributed by atoms with Crippen molar-refractivity contribution < 1.29 is 14.2 Å². The summed E-state index contributed by atoms with van der Waals surface area (Å²) in [5, 5.41) is 0.591. The van der Waals surface area contributed by atoms with E-state index in [1.165, 1.54) is 0 Å². The lowest BCUT2D eigenvalue weighted by molar-refractivity contribution is 0.170. The summed E-state index contributed by atoms with van der Waals surface area (Å²) in [5.74, 6) is 2.44. The zero-order valence-electron chi connectivity index (χ0n) is 14.6. The molecule has 0 unspecified atom stereocenters. The van der Waals surface area contributed by atoms with Crippen LogP contribution in [0.2, 0.25) is 5.02 Å². The maximum absolute atomic E-state index is 5.92. The molecule has 0 aliphatic carbocycles. The number of halogens is 1. The zero-order chi connectivity index (χ0) is 17.8. The molecule has 0 N–H and O–H groups in total. The first-order valence-corrected chi connectivity index (χ1v) is 9.27. The Labute approximate surface area is 158 Å². The lowest BCUT2D eigenvalue weighted by Gasteiger charge is -2.37. The van der Waals surface area contributed by atoms with Crippen LogP contribution in [0.15, 0.2) is 36.7 Å². The van der Waals surface area contributed by atoms with E-state index in [1.54, 1.807) is 18.5 Å². The first-order chi connectivity index (χ1) is 12.8. The number of rotatable bonds is 5. The molecule has 2 aromatic rings. The number of aromatic nitrogens is 1. The van der Waals surface area contributed by atoms with Crippen LogP contribution in [-0.2, 0) is 0 Å². The number of piperazine rings is 1. The number of pyridine rings is 1. The third-order valence-electron chi connectivity index (χ3n) is 4.61. The van der Waals surface area contributed by atoms with Crippen molar-refractivity contribution in [1.29, 1.82) is 0 Å². The van der Waals surface area contributed by atoms with Crippen LogP contribution in [0, 0.1) is 0 Å². The fourth-order valence-electron chi connectivity index (χ4n) is 3.28. The topological polar surface area (TPSA) is 47.1 Å². The number of anilines is 1. The Bertz CT molecular complexity index is 751. The van der Waals surface area contributed by atoms with Crippen molar-refractivity contribution in [3.63, 3.8) is 0 Å². The van der Waals surface area contributed by atoms with Gasteiger partial charge in [-0.15, -0.1) is 0 Å². The van der Waals surface area contributed by atoms with Crippen LogP contribution < -0.4 is 19.1 Å². The molecule has 0 spiro atoms. The minimum Gasteiger partial charge on any atom is -0.491 e. The van der Waals surface area contributed by atoms with E-state index in [2.05, 4.69) is 20.9 Å². The monoisotopic (exact) mass is 375 g/mol. The number of ether oxygens (including phenoxy) is 3. The van der Waals surface area contributed by atoms with Gasteiger partial charge in [0.25, 0.3) is 0 Å². The maximum Gasteiger partial charge on any atom is 0.184 e. The predicted octanol–water partition coefficient (Wildman–Crippen LogP) is 2.71. The number of fused-ring (bicyclic) bond motifs is 1. The average Bonchev–Trinajstić information content (AvgIpc) is 2.68.